The standard InChI is InChI=1S/C12H13BrFN5/c1-6-3-8(13)9(14)5-10(6)17-11-4-7(2)16-12(18-11)19-15/h3-5H,15H2,1-2H3,(H2,16,17,18,19). The van der Waals surface area contributed by atoms with Gasteiger partial charge in [-0.15, -0.1) is 0 Å². The van der Waals surface area contributed by atoms with Crippen molar-refractivity contribution in [2.24, 2.45) is 5.84 Å². The van der Waals surface area contributed by atoms with Crippen molar-refractivity contribution in [1.82, 2.24) is 9.97 Å². The molecular formula is C12H13BrFN5. The van der Waals surface area contributed by atoms with Crippen molar-refractivity contribution in [3.63, 3.8) is 0 Å². The molecule has 2 rings (SSSR count). The second-order valence-electron chi connectivity index (χ2n) is 4.07. The van der Waals surface area contributed by atoms with Crippen LogP contribution in [0, 0.1) is 19.7 Å². The van der Waals surface area contributed by atoms with Crippen LogP contribution in [0.15, 0.2) is 22.7 Å². The van der Waals surface area contributed by atoms with Gasteiger partial charge >= 0.3 is 0 Å². The van der Waals surface area contributed by atoms with Crippen LogP contribution in [0.25, 0.3) is 0 Å². The van der Waals surface area contributed by atoms with E-state index in [1.165, 1.54) is 6.07 Å². The Morgan fingerprint density at radius 1 is 1.21 bits per heavy atom. The third-order valence-corrected chi connectivity index (χ3v) is 3.12. The number of nitrogens with one attached hydrogen (secondary N) is 2. The molecule has 0 saturated heterocycles. The minimum absolute atomic E-state index is 0.303. The zero-order chi connectivity index (χ0) is 14.0. The van der Waals surface area contributed by atoms with Gasteiger partial charge in [0.15, 0.2) is 0 Å². The average molecular weight is 326 g/mol. The van der Waals surface area contributed by atoms with Crippen LogP contribution < -0.4 is 16.6 Å². The number of hydrazine groups is 1. The summed E-state index contributed by atoms with van der Waals surface area (Å²) in [5, 5.41) is 3.05. The van der Waals surface area contributed by atoms with E-state index >= 15 is 0 Å². The van der Waals surface area contributed by atoms with Crippen LogP contribution in [0.2, 0.25) is 0 Å². The predicted molar refractivity (Wildman–Crippen MR) is 76.7 cm³/mol. The summed E-state index contributed by atoms with van der Waals surface area (Å²) in [6.45, 7) is 3.70. The van der Waals surface area contributed by atoms with Crippen LogP contribution in [-0.2, 0) is 0 Å². The molecule has 0 atom stereocenters. The Bertz CT molecular complexity index is 617. The lowest BCUT2D eigenvalue weighted by molar-refractivity contribution is 0.621. The number of hydrogen-bond donors (Lipinski definition) is 3. The summed E-state index contributed by atoms with van der Waals surface area (Å²) >= 11 is 3.15. The Balaban J connectivity index is 2.36. The molecule has 19 heavy (non-hydrogen) atoms. The van der Waals surface area contributed by atoms with Crippen LogP contribution in [-0.4, -0.2) is 9.97 Å². The minimum Gasteiger partial charge on any atom is -0.340 e. The first kappa shape index (κ1) is 13.7. The van der Waals surface area contributed by atoms with Gasteiger partial charge in [-0.1, -0.05) is 0 Å². The highest BCUT2D eigenvalue weighted by Crippen LogP contribution is 2.26. The highest BCUT2D eigenvalue weighted by molar-refractivity contribution is 9.10. The molecule has 0 unspecified atom stereocenters. The molecule has 0 amide bonds. The molecule has 7 heteroatoms. The highest BCUT2D eigenvalue weighted by Gasteiger charge is 2.07. The summed E-state index contributed by atoms with van der Waals surface area (Å²) < 4.78 is 14.0. The van der Waals surface area contributed by atoms with Crippen molar-refractivity contribution < 1.29 is 4.39 Å². The van der Waals surface area contributed by atoms with Gasteiger partial charge in [0, 0.05) is 17.4 Å². The minimum atomic E-state index is -0.337. The molecule has 0 saturated carbocycles. The van der Waals surface area contributed by atoms with E-state index in [0.717, 1.165) is 11.3 Å². The van der Waals surface area contributed by atoms with Gasteiger partial charge in [0.25, 0.3) is 0 Å². The number of nitrogens with two attached hydrogens (primary N) is 1. The van der Waals surface area contributed by atoms with Crippen molar-refractivity contribution in [2.45, 2.75) is 13.8 Å². The lowest BCUT2D eigenvalue weighted by Gasteiger charge is -2.11. The Labute approximate surface area is 118 Å². The van der Waals surface area contributed by atoms with E-state index in [-0.39, 0.29) is 5.82 Å². The van der Waals surface area contributed by atoms with Gasteiger partial charge in [0.1, 0.15) is 11.6 Å². The molecule has 0 fully saturated rings. The monoisotopic (exact) mass is 325 g/mol. The van der Waals surface area contributed by atoms with E-state index in [1.807, 2.05) is 13.8 Å². The van der Waals surface area contributed by atoms with Crippen molar-refractivity contribution in [3.8, 4) is 0 Å². The van der Waals surface area contributed by atoms with E-state index in [0.29, 0.717) is 21.9 Å². The summed E-state index contributed by atoms with van der Waals surface area (Å²) in [6, 6.07) is 4.86. The molecule has 0 aliphatic carbocycles. The molecule has 0 bridgehead atoms. The number of halogens is 2. The molecule has 1 aromatic carbocycles. The number of hydrogen-bond acceptors (Lipinski definition) is 5. The quantitative estimate of drug-likeness (QED) is 0.597. The third kappa shape index (κ3) is 3.18. The first-order valence-corrected chi connectivity index (χ1v) is 6.34. The zero-order valence-electron chi connectivity index (χ0n) is 10.5. The van der Waals surface area contributed by atoms with E-state index in [4.69, 9.17) is 5.84 Å². The molecule has 0 spiro atoms. The van der Waals surface area contributed by atoms with Gasteiger partial charge in [-0.3, -0.25) is 5.43 Å². The van der Waals surface area contributed by atoms with Crippen LogP contribution in [0.3, 0.4) is 0 Å². The summed E-state index contributed by atoms with van der Waals surface area (Å²) in [7, 11) is 0. The predicted octanol–water partition coefficient (Wildman–Crippen LogP) is 3.02. The molecule has 1 aromatic heterocycles. The summed E-state index contributed by atoms with van der Waals surface area (Å²) in [5.74, 6) is 5.80. The average Bonchev–Trinajstić information content (AvgIpc) is 2.35. The van der Waals surface area contributed by atoms with E-state index in [1.54, 1.807) is 12.1 Å². The molecule has 4 N–H and O–H groups in total. The Morgan fingerprint density at radius 3 is 2.63 bits per heavy atom. The normalized spacial score (nSPS) is 10.4. The molecule has 0 aliphatic rings. The van der Waals surface area contributed by atoms with Crippen molar-refractivity contribution in [2.75, 3.05) is 10.7 Å². The molecule has 0 radical (unpaired) electrons. The fourth-order valence-corrected chi connectivity index (χ4v) is 2.07. The fraction of sp³-hybridized carbons (Fsp3) is 0.167. The molecule has 0 aliphatic heterocycles. The molecule has 5 nitrogen and oxygen atoms in total. The van der Waals surface area contributed by atoms with Gasteiger partial charge < -0.3 is 5.32 Å². The van der Waals surface area contributed by atoms with Crippen LogP contribution in [0.1, 0.15) is 11.3 Å². The SMILES string of the molecule is Cc1cc(Nc2cc(F)c(Br)cc2C)nc(NN)n1. The summed E-state index contributed by atoms with van der Waals surface area (Å²) in [5.41, 5.74) is 4.67. The molecule has 2 aromatic rings. The molecule has 1 heterocycles. The van der Waals surface area contributed by atoms with E-state index in [9.17, 15) is 4.39 Å². The Kier molecular flexibility index (Phi) is 3.96. The van der Waals surface area contributed by atoms with Crippen molar-refractivity contribution in [3.05, 3.63) is 39.7 Å². The third-order valence-electron chi connectivity index (χ3n) is 2.51. The maximum atomic E-state index is 13.5. The van der Waals surface area contributed by atoms with E-state index < -0.39 is 0 Å². The van der Waals surface area contributed by atoms with Gasteiger partial charge in [-0.25, -0.2) is 15.2 Å². The van der Waals surface area contributed by atoms with Gasteiger partial charge in [-0.2, -0.15) is 4.98 Å². The number of aromatic nitrogens is 2. The first-order chi connectivity index (χ1) is 8.99. The number of rotatable bonds is 3. The van der Waals surface area contributed by atoms with Gasteiger partial charge in [-0.05, 0) is 47.5 Å². The maximum absolute atomic E-state index is 13.5. The Morgan fingerprint density at radius 2 is 1.95 bits per heavy atom. The Hall–Kier alpha value is -1.73. The molecular weight excluding hydrogens is 313 g/mol. The number of anilines is 3. The molecule has 100 valence electrons. The van der Waals surface area contributed by atoms with Gasteiger partial charge in [0.05, 0.1) is 4.47 Å². The lowest BCUT2D eigenvalue weighted by Crippen LogP contribution is -2.12. The largest absolute Gasteiger partial charge is 0.340 e. The van der Waals surface area contributed by atoms with Crippen LogP contribution >= 0.6 is 15.9 Å². The second kappa shape index (κ2) is 5.50. The smallest absolute Gasteiger partial charge is 0.239 e. The van der Waals surface area contributed by atoms with Crippen LogP contribution in [0.5, 0.6) is 0 Å². The van der Waals surface area contributed by atoms with Gasteiger partial charge in [0.2, 0.25) is 5.95 Å². The second-order valence-corrected chi connectivity index (χ2v) is 4.92. The number of aryl methyl sites for hydroxylation is 2. The lowest BCUT2D eigenvalue weighted by atomic mass is 10.2. The van der Waals surface area contributed by atoms with Crippen molar-refractivity contribution in [1.29, 1.82) is 0 Å². The summed E-state index contributed by atoms with van der Waals surface area (Å²) in [4.78, 5) is 8.23. The number of nitrogen functional groups attached to an aromatic ring is 1. The van der Waals surface area contributed by atoms with Crippen LogP contribution in [0.4, 0.5) is 21.8 Å². The zero-order valence-corrected chi connectivity index (χ0v) is 12.0. The number of benzene rings is 1. The first-order valence-electron chi connectivity index (χ1n) is 5.54. The summed E-state index contributed by atoms with van der Waals surface area (Å²) in [6.07, 6.45) is 0. The maximum Gasteiger partial charge on any atom is 0.239 e. The van der Waals surface area contributed by atoms with E-state index in [2.05, 4.69) is 36.6 Å². The highest BCUT2D eigenvalue weighted by atomic mass is 79.9. The number of nitrogens with zero attached hydrogens (tertiary/aromatic N) is 2. The van der Waals surface area contributed by atoms with Crippen molar-refractivity contribution >= 4 is 33.4 Å². The fourth-order valence-electron chi connectivity index (χ4n) is 1.62. The topological polar surface area (TPSA) is 75.9 Å².